The Hall–Kier alpha value is -1.40. The molecule has 0 aliphatic rings. The van der Waals surface area contributed by atoms with E-state index in [0.717, 1.165) is 17.1 Å². The van der Waals surface area contributed by atoms with Crippen LogP contribution in [0, 0.1) is 12.9 Å². The van der Waals surface area contributed by atoms with Crippen molar-refractivity contribution >= 4 is 12.4 Å². The molecule has 2 rings (SSSR count). The van der Waals surface area contributed by atoms with Gasteiger partial charge in [-0.3, -0.25) is 4.68 Å². The predicted molar refractivity (Wildman–Crippen MR) is 87.7 cm³/mol. The Bertz CT molecular complexity index is 618. The highest BCUT2D eigenvalue weighted by atomic mass is 35.5. The van der Waals surface area contributed by atoms with Crippen LogP contribution in [0.3, 0.4) is 0 Å². The molecule has 2 heterocycles. The molecule has 0 radical (unpaired) electrons. The molecule has 0 amide bonds. The van der Waals surface area contributed by atoms with Gasteiger partial charge in [0.25, 0.3) is 0 Å². The van der Waals surface area contributed by atoms with Gasteiger partial charge in [0, 0.05) is 32.2 Å². The maximum atomic E-state index is 14.1. The van der Waals surface area contributed by atoms with Crippen molar-refractivity contribution in [3.05, 3.63) is 34.7 Å². The van der Waals surface area contributed by atoms with Crippen LogP contribution in [-0.2, 0) is 26.7 Å². The lowest BCUT2D eigenvalue weighted by atomic mass is 10.1. The highest BCUT2D eigenvalue weighted by molar-refractivity contribution is 5.85. The summed E-state index contributed by atoms with van der Waals surface area (Å²) in [5.41, 5.74) is 3.56. The van der Waals surface area contributed by atoms with Crippen LogP contribution in [0.2, 0.25) is 0 Å². The lowest BCUT2D eigenvalue weighted by Crippen LogP contribution is -2.16. The first-order chi connectivity index (χ1) is 9.93. The van der Waals surface area contributed by atoms with Gasteiger partial charge in [-0.15, -0.1) is 12.4 Å². The molecule has 0 unspecified atom stereocenters. The number of halogens is 2. The van der Waals surface area contributed by atoms with Crippen LogP contribution in [0.25, 0.3) is 0 Å². The monoisotopic (exact) mass is 329 g/mol. The van der Waals surface area contributed by atoms with E-state index in [9.17, 15) is 4.39 Å². The summed E-state index contributed by atoms with van der Waals surface area (Å²) < 4.78 is 17.3. The molecular weight excluding hydrogens is 305 g/mol. The maximum Gasteiger partial charge on any atom is 0.216 e. The van der Waals surface area contributed by atoms with E-state index < -0.39 is 0 Å². The van der Waals surface area contributed by atoms with Crippen LogP contribution in [-0.4, -0.2) is 19.6 Å². The average molecular weight is 330 g/mol. The standard InChI is InChI=1S/C15H24FN5.ClH/c1-6-21-15(16)13(11(4)18-21)9-17-8-12-7-14(10(2)3)19-20(12)5;/h7,10,17H,6,8-9H2,1-5H3;1H. The number of rotatable bonds is 6. The highest BCUT2D eigenvalue weighted by Gasteiger charge is 2.14. The molecule has 2 aromatic rings. The van der Waals surface area contributed by atoms with E-state index in [1.165, 1.54) is 4.68 Å². The second kappa shape index (κ2) is 7.74. The summed E-state index contributed by atoms with van der Waals surface area (Å²) in [6.07, 6.45) is 0. The first-order valence-electron chi connectivity index (χ1n) is 7.39. The van der Waals surface area contributed by atoms with Crippen LogP contribution in [0.5, 0.6) is 0 Å². The third-order valence-corrected chi connectivity index (χ3v) is 3.68. The summed E-state index contributed by atoms with van der Waals surface area (Å²) in [5.74, 6) is 0.169. The fourth-order valence-corrected chi connectivity index (χ4v) is 2.29. The largest absolute Gasteiger partial charge is 0.307 e. The smallest absolute Gasteiger partial charge is 0.216 e. The number of nitrogens with zero attached hydrogens (tertiary/aromatic N) is 4. The topological polar surface area (TPSA) is 47.7 Å². The van der Waals surface area contributed by atoms with Gasteiger partial charge in [-0.05, 0) is 25.8 Å². The van der Waals surface area contributed by atoms with Crippen molar-refractivity contribution in [2.75, 3.05) is 0 Å². The predicted octanol–water partition coefficient (Wildman–Crippen LogP) is 2.92. The van der Waals surface area contributed by atoms with Crippen molar-refractivity contribution in [1.29, 1.82) is 0 Å². The van der Waals surface area contributed by atoms with Crippen molar-refractivity contribution in [2.24, 2.45) is 7.05 Å². The average Bonchev–Trinajstić information content (AvgIpc) is 2.93. The normalized spacial score (nSPS) is 11.0. The maximum absolute atomic E-state index is 14.1. The SMILES string of the molecule is CCn1nc(C)c(CNCc2cc(C(C)C)nn2C)c1F.Cl. The molecule has 0 bridgehead atoms. The number of aryl methyl sites for hydroxylation is 3. The lowest BCUT2D eigenvalue weighted by molar-refractivity contribution is 0.459. The summed E-state index contributed by atoms with van der Waals surface area (Å²) in [5, 5.41) is 11.9. The Kier molecular flexibility index (Phi) is 6.56. The first kappa shape index (κ1) is 18.6. The molecule has 1 N–H and O–H groups in total. The molecule has 0 saturated heterocycles. The molecule has 0 spiro atoms. The van der Waals surface area contributed by atoms with Crippen LogP contribution < -0.4 is 5.32 Å². The van der Waals surface area contributed by atoms with Crippen LogP contribution in [0.4, 0.5) is 4.39 Å². The van der Waals surface area contributed by atoms with Crippen molar-refractivity contribution in [3.63, 3.8) is 0 Å². The molecule has 0 fully saturated rings. The van der Waals surface area contributed by atoms with Crippen molar-refractivity contribution in [2.45, 2.75) is 53.2 Å². The highest BCUT2D eigenvalue weighted by Crippen LogP contribution is 2.15. The van der Waals surface area contributed by atoms with E-state index in [4.69, 9.17) is 0 Å². The minimum Gasteiger partial charge on any atom is -0.307 e. The quantitative estimate of drug-likeness (QED) is 0.886. The molecule has 0 aliphatic heterocycles. The van der Waals surface area contributed by atoms with Gasteiger partial charge in [0.2, 0.25) is 5.95 Å². The Morgan fingerprint density at radius 2 is 1.95 bits per heavy atom. The van der Waals surface area contributed by atoms with Gasteiger partial charge in [0.15, 0.2) is 0 Å². The zero-order chi connectivity index (χ0) is 15.6. The molecule has 0 atom stereocenters. The van der Waals surface area contributed by atoms with E-state index in [2.05, 4.69) is 35.4 Å². The molecule has 22 heavy (non-hydrogen) atoms. The molecule has 0 aromatic carbocycles. The molecular formula is C15H25ClFN5. The summed E-state index contributed by atoms with van der Waals surface area (Å²) in [7, 11) is 1.93. The van der Waals surface area contributed by atoms with Crippen LogP contribution in [0.15, 0.2) is 6.07 Å². The zero-order valence-corrected chi connectivity index (χ0v) is 14.7. The Labute approximate surface area is 137 Å². The van der Waals surface area contributed by atoms with Gasteiger partial charge >= 0.3 is 0 Å². The zero-order valence-electron chi connectivity index (χ0n) is 13.9. The van der Waals surface area contributed by atoms with Crippen LogP contribution >= 0.6 is 12.4 Å². The van der Waals surface area contributed by atoms with Crippen molar-refractivity contribution in [1.82, 2.24) is 24.9 Å². The number of nitrogens with one attached hydrogen (secondary N) is 1. The lowest BCUT2D eigenvalue weighted by Gasteiger charge is -2.04. The van der Waals surface area contributed by atoms with Gasteiger partial charge in [-0.1, -0.05) is 13.8 Å². The second-order valence-electron chi connectivity index (χ2n) is 5.61. The summed E-state index contributed by atoms with van der Waals surface area (Å²) >= 11 is 0. The molecule has 0 saturated carbocycles. The molecule has 7 heteroatoms. The van der Waals surface area contributed by atoms with Gasteiger partial charge in [-0.25, -0.2) is 4.68 Å². The van der Waals surface area contributed by atoms with Crippen molar-refractivity contribution in [3.8, 4) is 0 Å². The third-order valence-electron chi connectivity index (χ3n) is 3.68. The van der Waals surface area contributed by atoms with Gasteiger partial charge in [0.05, 0.1) is 17.1 Å². The van der Waals surface area contributed by atoms with Gasteiger partial charge in [0.1, 0.15) is 0 Å². The van der Waals surface area contributed by atoms with Gasteiger partial charge in [-0.2, -0.15) is 14.6 Å². The third kappa shape index (κ3) is 3.87. The second-order valence-corrected chi connectivity index (χ2v) is 5.61. The van der Waals surface area contributed by atoms with E-state index >= 15 is 0 Å². The summed E-state index contributed by atoms with van der Waals surface area (Å²) in [6, 6.07) is 2.09. The molecule has 2 aromatic heterocycles. The number of aromatic nitrogens is 4. The molecule has 124 valence electrons. The van der Waals surface area contributed by atoms with Crippen molar-refractivity contribution < 1.29 is 4.39 Å². The Morgan fingerprint density at radius 3 is 2.45 bits per heavy atom. The number of hydrogen-bond donors (Lipinski definition) is 1. The van der Waals surface area contributed by atoms with Gasteiger partial charge < -0.3 is 5.32 Å². The fourth-order valence-electron chi connectivity index (χ4n) is 2.29. The van der Waals surface area contributed by atoms with Crippen LogP contribution in [0.1, 0.15) is 49.3 Å². The minimum absolute atomic E-state index is 0. The molecule has 5 nitrogen and oxygen atoms in total. The van der Waals surface area contributed by atoms with E-state index in [1.807, 2.05) is 25.6 Å². The fraction of sp³-hybridized carbons (Fsp3) is 0.600. The number of hydrogen-bond acceptors (Lipinski definition) is 3. The molecule has 0 aliphatic carbocycles. The Morgan fingerprint density at radius 1 is 1.27 bits per heavy atom. The summed E-state index contributed by atoms with van der Waals surface area (Å²) in [4.78, 5) is 0. The first-order valence-corrected chi connectivity index (χ1v) is 7.39. The van der Waals surface area contributed by atoms with E-state index in [1.54, 1.807) is 0 Å². The minimum atomic E-state index is -0.240. The van der Waals surface area contributed by atoms with E-state index in [-0.39, 0.29) is 18.4 Å². The summed E-state index contributed by atoms with van der Waals surface area (Å²) in [6.45, 7) is 9.65. The van der Waals surface area contributed by atoms with E-state index in [0.29, 0.717) is 31.1 Å². The Balaban J connectivity index is 0.00000242.